The first-order chi connectivity index (χ1) is 6.43. The maximum atomic E-state index is 10.7. The van der Waals surface area contributed by atoms with Gasteiger partial charge in [0.15, 0.2) is 0 Å². The van der Waals surface area contributed by atoms with Crippen molar-refractivity contribution in [3.8, 4) is 0 Å². The van der Waals surface area contributed by atoms with Crippen LogP contribution < -0.4 is 0 Å². The van der Waals surface area contributed by atoms with Crippen molar-refractivity contribution in [3.63, 3.8) is 0 Å². The Bertz CT molecular complexity index is 377. The topological polar surface area (TPSA) is 37.3 Å². The van der Waals surface area contributed by atoms with Crippen LogP contribution in [0.1, 0.15) is 18.4 Å². The van der Waals surface area contributed by atoms with E-state index >= 15 is 0 Å². The molecule has 0 spiro atoms. The molecule has 0 radical (unpaired) electrons. The average molecular weight is 254 g/mol. The van der Waals surface area contributed by atoms with Crippen molar-refractivity contribution in [1.82, 2.24) is 0 Å². The molecular weight excluding hydrogens is 246 g/mol. The first-order valence-electron chi connectivity index (χ1n) is 3.80. The van der Waals surface area contributed by atoms with E-state index in [1.165, 1.54) is 19.1 Å². The zero-order valence-corrected chi connectivity index (χ0v) is 9.49. The van der Waals surface area contributed by atoms with Crippen LogP contribution in [0.5, 0.6) is 0 Å². The van der Waals surface area contributed by atoms with Gasteiger partial charge in [-0.3, -0.25) is 4.79 Å². The van der Waals surface area contributed by atoms with E-state index in [0.717, 1.165) is 0 Å². The van der Waals surface area contributed by atoms with Crippen molar-refractivity contribution < 1.29 is 9.90 Å². The normalized spacial score (nSPS) is 12.6. The second-order valence-corrected chi connectivity index (χ2v) is 4.07. The lowest BCUT2D eigenvalue weighted by atomic mass is 10.0. The van der Waals surface area contributed by atoms with Gasteiger partial charge in [-0.25, -0.2) is 0 Å². The first kappa shape index (κ1) is 11.6. The lowest BCUT2D eigenvalue weighted by molar-refractivity contribution is -0.138. The number of carbonyl (C=O) groups is 1. The van der Waals surface area contributed by atoms with E-state index in [1.54, 1.807) is 0 Å². The molecule has 5 heteroatoms. The Morgan fingerprint density at radius 3 is 2.21 bits per heavy atom. The van der Waals surface area contributed by atoms with Crippen LogP contribution >= 0.6 is 34.8 Å². The zero-order valence-electron chi connectivity index (χ0n) is 7.22. The summed E-state index contributed by atoms with van der Waals surface area (Å²) in [5, 5.41) is 9.72. The number of hydrogen-bond acceptors (Lipinski definition) is 1. The van der Waals surface area contributed by atoms with Crippen molar-refractivity contribution >= 4 is 40.8 Å². The van der Waals surface area contributed by atoms with Crippen LogP contribution in [-0.4, -0.2) is 11.1 Å². The Hall–Kier alpha value is -0.440. The van der Waals surface area contributed by atoms with Crippen molar-refractivity contribution in [2.45, 2.75) is 12.8 Å². The lowest BCUT2D eigenvalue weighted by Crippen LogP contribution is -2.07. The molecule has 76 valence electrons. The minimum absolute atomic E-state index is 0.305. The molecular formula is C9H7Cl3O2. The van der Waals surface area contributed by atoms with E-state index in [2.05, 4.69) is 0 Å². The van der Waals surface area contributed by atoms with E-state index < -0.39 is 11.9 Å². The summed E-state index contributed by atoms with van der Waals surface area (Å²) in [4.78, 5) is 10.7. The van der Waals surface area contributed by atoms with E-state index in [-0.39, 0.29) is 0 Å². The standard InChI is InChI=1S/C9H7Cl3O2/c1-4(9(13)14)5-2-7(11)8(12)3-6(5)10/h2-4H,1H3,(H,13,14). The second kappa shape index (κ2) is 4.39. The molecule has 0 fully saturated rings. The largest absolute Gasteiger partial charge is 0.481 e. The summed E-state index contributed by atoms with van der Waals surface area (Å²) < 4.78 is 0. The maximum absolute atomic E-state index is 10.7. The van der Waals surface area contributed by atoms with Crippen LogP contribution in [0.3, 0.4) is 0 Å². The van der Waals surface area contributed by atoms with Crippen LogP contribution in [-0.2, 0) is 4.79 Å². The summed E-state index contributed by atoms with van der Waals surface area (Å²) in [6.07, 6.45) is 0. The highest BCUT2D eigenvalue weighted by Crippen LogP contribution is 2.32. The van der Waals surface area contributed by atoms with Gasteiger partial charge in [0, 0.05) is 5.02 Å². The van der Waals surface area contributed by atoms with Gasteiger partial charge in [-0.15, -0.1) is 0 Å². The number of carboxylic acids is 1. The molecule has 1 aromatic carbocycles. The summed E-state index contributed by atoms with van der Waals surface area (Å²) in [6.45, 7) is 1.54. The van der Waals surface area contributed by atoms with Crippen LogP contribution in [0.25, 0.3) is 0 Å². The minimum Gasteiger partial charge on any atom is -0.481 e. The van der Waals surface area contributed by atoms with Gasteiger partial charge in [0.1, 0.15) is 0 Å². The third kappa shape index (κ3) is 2.32. The van der Waals surface area contributed by atoms with Crippen molar-refractivity contribution in [2.75, 3.05) is 0 Å². The van der Waals surface area contributed by atoms with Gasteiger partial charge in [0.25, 0.3) is 0 Å². The number of rotatable bonds is 2. The molecule has 0 heterocycles. The molecule has 1 atom stereocenters. The van der Waals surface area contributed by atoms with Crippen molar-refractivity contribution in [3.05, 3.63) is 32.8 Å². The average Bonchev–Trinajstić information content (AvgIpc) is 2.10. The van der Waals surface area contributed by atoms with E-state index in [1.807, 2.05) is 0 Å². The van der Waals surface area contributed by atoms with E-state index in [4.69, 9.17) is 39.9 Å². The zero-order chi connectivity index (χ0) is 10.9. The summed E-state index contributed by atoms with van der Waals surface area (Å²) in [6, 6.07) is 2.92. The van der Waals surface area contributed by atoms with Gasteiger partial charge in [-0.05, 0) is 24.6 Å². The summed E-state index contributed by atoms with van der Waals surface area (Å²) in [5.41, 5.74) is 0.466. The molecule has 1 unspecified atom stereocenters. The van der Waals surface area contributed by atoms with Gasteiger partial charge in [0.2, 0.25) is 0 Å². The molecule has 1 aromatic rings. The van der Waals surface area contributed by atoms with Gasteiger partial charge >= 0.3 is 5.97 Å². The lowest BCUT2D eigenvalue weighted by Gasteiger charge is -2.10. The van der Waals surface area contributed by atoms with Crippen molar-refractivity contribution in [2.24, 2.45) is 0 Å². The van der Waals surface area contributed by atoms with Gasteiger partial charge in [-0.1, -0.05) is 34.8 Å². The molecule has 1 rings (SSSR count). The van der Waals surface area contributed by atoms with E-state index in [0.29, 0.717) is 20.6 Å². The van der Waals surface area contributed by atoms with Crippen LogP contribution in [0, 0.1) is 0 Å². The predicted octanol–water partition coefficient (Wildman–Crippen LogP) is 3.83. The van der Waals surface area contributed by atoms with Crippen LogP contribution in [0.4, 0.5) is 0 Å². The Morgan fingerprint density at radius 1 is 1.21 bits per heavy atom. The van der Waals surface area contributed by atoms with Crippen LogP contribution in [0.15, 0.2) is 12.1 Å². The Balaban J connectivity index is 3.22. The monoisotopic (exact) mass is 252 g/mol. The molecule has 0 bridgehead atoms. The Kier molecular flexibility index (Phi) is 3.65. The summed E-state index contributed by atoms with van der Waals surface area (Å²) in [7, 11) is 0. The molecule has 1 N–H and O–H groups in total. The molecule has 0 aliphatic heterocycles. The number of benzene rings is 1. The third-order valence-corrected chi connectivity index (χ3v) is 2.93. The minimum atomic E-state index is -0.953. The van der Waals surface area contributed by atoms with Crippen LogP contribution in [0.2, 0.25) is 15.1 Å². The van der Waals surface area contributed by atoms with Gasteiger partial charge < -0.3 is 5.11 Å². The summed E-state index contributed by atoms with van der Waals surface area (Å²) >= 11 is 17.3. The smallest absolute Gasteiger partial charge is 0.310 e. The molecule has 0 saturated heterocycles. The molecule has 0 aliphatic rings. The van der Waals surface area contributed by atoms with Gasteiger partial charge in [-0.2, -0.15) is 0 Å². The highest BCUT2D eigenvalue weighted by Gasteiger charge is 2.18. The molecule has 14 heavy (non-hydrogen) atoms. The fourth-order valence-electron chi connectivity index (χ4n) is 1.00. The number of halogens is 3. The maximum Gasteiger partial charge on any atom is 0.310 e. The quantitative estimate of drug-likeness (QED) is 0.813. The Morgan fingerprint density at radius 2 is 1.71 bits per heavy atom. The fraction of sp³-hybridized carbons (Fsp3) is 0.222. The predicted molar refractivity (Wildman–Crippen MR) is 57.5 cm³/mol. The summed E-state index contributed by atoms with van der Waals surface area (Å²) in [5.74, 6) is -1.65. The Labute approximate surface area is 96.4 Å². The second-order valence-electron chi connectivity index (χ2n) is 2.85. The number of hydrogen-bond donors (Lipinski definition) is 1. The third-order valence-electron chi connectivity index (χ3n) is 1.88. The number of carboxylic acid groups (broad SMARTS) is 1. The first-order valence-corrected chi connectivity index (χ1v) is 4.94. The molecule has 0 saturated carbocycles. The van der Waals surface area contributed by atoms with E-state index in [9.17, 15) is 4.79 Å². The highest BCUT2D eigenvalue weighted by atomic mass is 35.5. The molecule has 0 aliphatic carbocycles. The molecule has 2 nitrogen and oxygen atoms in total. The van der Waals surface area contributed by atoms with Crippen molar-refractivity contribution in [1.29, 1.82) is 0 Å². The van der Waals surface area contributed by atoms with Gasteiger partial charge in [0.05, 0.1) is 16.0 Å². The SMILES string of the molecule is CC(C(=O)O)c1cc(Cl)c(Cl)cc1Cl. The molecule has 0 amide bonds. The fourth-order valence-corrected chi connectivity index (χ4v) is 1.72. The molecule has 0 aromatic heterocycles. The number of aliphatic carboxylic acids is 1. The highest BCUT2D eigenvalue weighted by molar-refractivity contribution is 6.43.